The van der Waals surface area contributed by atoms with E-state index in [-0.39, 0.29) is 11.8 Å². The van der Waals surface area contributed by atoms with Crippen LogP contribution in [0.3, 0.4) is 0 Å². The Morgan fingerprint density at radius 2 is 1.10 bits per heavy atom. The van der Waals surface area contributed by atoms with Crippen LogP contribution in [0.25, 0.3) is 12.2 Å². The molecule has 2 N–H and O–H groups in total. The van der Waals surface area contributed by atoms with E-state index in [2.05, 4.69) is 10.6 Å². The molecule has 2 rings (SSSR count). The predicted octanol–water partition coefficient (Wildman–Crippen LogP) is 4.22. The van der Waals surface area contributed by atoms with E-state index in [1.54, 1.807) is 0 Å². The fourth-order valence-electron chi connectivity index (χ4n) is 2.12. The van der Waals surface area contributed by atoms with Crippen molar-refractivity contribution in [2.75, 3.05) is 0 Å². The van der Waals surface area contributed by atoms with Crippen molar-refractivity contribution in [3.63, 3.8) is 0 Å². The Morgan fingerprint density at radius 1 is 0.767 bits per heavy atom. The summed E-state index contributed by atoms with van der Waals surface area (Å²) in [4.78, 5) is 22.8. The molecule has 2 aromatic carbocycles. The van der Waals surface area contributed by atoms with Crippen LogP contribution in [0.4, 0.5) is 8.78 Å². The molecule has 156 valence electrons. The van der Waals surface area contributed by atoms with E-state index in [1.165, 1.54) is 74.5 Å². The van der Waals surface area contributed by atoms with Gasteiger partial charge in [0, 0.05) is 30.6 Å². The summed E-state index contributed by atoms with van der Waals surface area (Å²) in [6.07, 6.45) is 2.64. The first-order chi connectivity index (χ1) is 14.2. The second kappa shape index (κ2) is 10.8. The molecule has 0 unspecified atom stereocenters. The molecule has 0 fully saturated rings. The van der Waals surface area contributed by atoms with Gasteiger partial charge in [-0.25, -0.2) is 17.8 Å². The molecule has 0 radical (unpaired) electrons. The second-order valence-electron chi connectivity index (χ2n) is 5.89. The molecule has 0 aliphatic heterocycles. The molecule has 0 aromatic heterocycles. The van der Waals surface area contributed by atoms with Crippen LogP contribution in [0.2, 0.25) is 0 Å². The number of nitrogens with one attached hydrogen (secondary N) is 2. The Hall–Kier alpha value is -3.58. The number of carbonyl (C=O) groups is 2. The summed E-state index contributed by atoms with van der Waals surface area (Å²) in [6.45, 7) is 2.43. The highest BCUT2D eigenvalue weighted by Crippen LogP contribution is 2.31. The monoisotopic (exact) mass is 435 g/mol. The van der Waals surface area contributed by atoms with Crippen molar-refractivity contribution >= 4 is 32.2 Å². The predicted molar refractivity (Wildman–Crippen MR) is 106 cm³/mol. The van der Waals surface area contributed by atoms with E-state index in [4.69, 9.17) is 9.05 Å². The van der Waals surface area contributed by atoms with Crippen molar-refractivity contribution < 1.29 is 32.0 Å². The van der Waals surface area contributed by atoms with Crippen LogP contribution >= 0.6 is 8.25 Å². The third kappa shape index (κ3) is 8.20. The molecule has 0 bridgehead atoms. The number of hydrogen-bond acceptors (Lipinski definition) is 5. The molecule has 0 saturated heterocycles. The van der Waals surface area contributed by atoms with Crippen molar-refractivity contribution in [1.82, 2.24) is 10.6 Å². The summed E-state index contributed by atoms with van der Waals surface area (Å²) < 4.78 is 48.7. The highest BCUT2D eigenvalue weighted by atomic mass is 31.1. The van der Waals surface area contributed by atoms with Crippen LogP contribution in [0.1, 0.15) is 25.0 Å². The van der Waals surface area contributed by atoms with Gasteiger partial charge in [0.05, 0.1) is 0 Å². The summed E-state index contributed by atoms with van der Waals surface area (Å²) >= 11 is 0. The van der Waals surface area contributed by atoms with E-state index in [1.807, 2.05) is 0 Å². The Bertz CT molecular complexity index is 910. The summed E-state index contributed by atoms with van der Waals surface area (Å²) in [5.41, 5.74) is 0.931. The number of amides is 2. The fourth-order valence-corrected chi connectivity index (χ4v) is 2.67. The van der Waals surface area contributed by atoms with Gasteiger partial charge in [-0.1, -0.05) is 24.3 Å². The topological polar surface area (TPSA) is 93.7 Å². The van der Waals surface area contributed by atoms with Gasteiger partial charge in [-0.2, -0.15) is 0 Å². The summed E-state index contributed by atoms with van der Waals surface area (Å²) in [7, 11) is -2.89. The van der Waals surface area contributed by atoms with E-state index >= 15 is 0 Å². The molecule has 7 nitrogen and oxygen atoms in total. The first-order valence-electron chi connectivity index (χ1n) is 8.54. The number of carbonyl (C=O) groups excluding carboxylic acids is 2. The molecule has 0 spiro atoms. The van der Waals surface area contributed by atoms with Gasteiger partial charge < -0.3 is 0 Å². The largest absolute Gasteiger partial charge is 0.808 e. The second-order valence-corrected chi connectivity index (χ2v) is 6.70. The summed E-state index contributed by atoms with van der Waals surface area (Å²) in [5, 5.41) is 4.68. The minimum atomic E-state index is -2.89. The third-order valence-electron chi connectivity index (χ3n) is 3.28. The number of halogens is 2. The molecule has 2 aromatic rings. The van der Waals surface area contributed by atoms with E-state index in [9.17, 15) is 22.9 Å². The molecule has 0 aliphatic rings. The van der Waals surface area contributed by atoms with Gasteiger partial charge in [-0.3, -0.25) is 20.2 Å². The normalized spacial score (nSPS) is 12.1. The zero-order chi connectivity index (χ0) is 22.1. The zero-order valence-electron chi connectivity index (χ0n) is 16.0. The maximum absolute atomic E-state index is 13.0. The fraction of sp³-hybridized carbons (Fsp3) is 0.100. The first-order valence-corrected chi connectivity index (χ1v) is 9.64. The van der Waals surface area contributed by atoms with Crippen molar-refractivity contribution in [2.45, 2.75) is 13.8 Å². The van der Waals surface area contributed by atoms with E-state index in [0.29, 0.717) is 11.1 Å². The van der Waals surface area contributed by atoms with E-state index < -0.39 is 31.7 Å². The smallest absolute Gasteiger partial charge is 0.292 e. The Kier molecular flexibility index (Phi) is 8.19. The molecule has 0 aliphatic carbocycles. The Balaban J connectivity index is 2.19. The van der Waals surface area contributed by atoms with Crippen LogP contribution in [0.5, 0.6) is 0 Å². The molecular formula is C20H18F2N2O5P+. The van der Waals surface area contributed by atoms with Crippen LogP contribution < -0.4 is 10.6 Å². The van der Waals surface area contributed by atoms with E-state index in [0.717, 1.165) is 0 Å². The summed E-state index contributed by atoms with van der Waals surface area (Å²) in [6, 6.07) is 10.5. The average Bonchev–Trinajstić information content (AvgIpc) is 2.64. The number of benzene rings is 2. The van der Waals surface area contributed by atoms with Crippen molar-refractivity contribution in [1.29, 1.82) is 0 Å². The molecule has 30 heavy (non-hydrogen) atoms. The molecule has 0 heterocycles. The van der Waals surface area contributed by atoms with Gasteiger partial charge in [0.1, 0.15) is 11.6 Å². The average molecular weight is 435 g/mol. The molecule has 10 heteroatoms. The maximum Gasteiger partial charge on any atom is 0.808 e. The summed E-state index contributed by atoms with van der Waals surface area (Å²) in [5.74, 6) is -2.33. The Morgan fingerprint density at radius 3 is 1.40 bits per heavy atom. The Labute approximate surface area is 172 Å². The molecule has 0 saturated carbocycles. The lowest BCUT2D eigenvalue weighted by Crippen LogP contribution is -2.21. The van der Waals surface area contributed by atoms with Crippen molar-refractivity contribution in [3.05, 3.63) is 83.1 Å². The molecule has 2 amide bonds. The minimum absolute atomic E-state index is 0.209. The lowest BCUT2D eigenvalue weighted by atomic mass is 10.2. The quantitative estimate of drug-likeness (QED) is 0.478. The van der Waals surface area contributed by atoms with Gasteiger partial charge >= 0.3 is 8.25 Å². The molecular weight excluding hydrogens is 417 g/mol. The SMILES string of the molecule is CC(=O)NC(=Cc1ccc(F)cc1)O[P+](=O)OC(=Cc1ccc(F)cc1)NC(C)=O. The van der Waals surface area contributed by atoms with Crippen LogP contribution in [-0.4, -0.2) is 11.8 Å². The van der Waals surface area contributed by atoms with Gasteiger partial charge in [0.15, 0.2) is 0 Å². The first kappa shape index (κ1) is 22.7. The number of rotatable bonds is 8. The van der Waals surface area contributed by atoms with Crippen LogP contribution in [0, 0.1) is 11.6 Å². The molecule has 0 atom stereocenters. The zero-order valence-corrected chi connectivity index (χ0v) is 16.9. The minimum Gasteiger partial charge on any atom is -0.292 e. The highest BCUT2D eigenvalue weighted by molar-refractivity contribution is 7.33. The van der Waals surface area contributed by atoms with Crippen molar-refractivity contribution in [2.24, 2.45) is 0 Å². The van der Waals surface area contributed by atoms with Gasteiger partial charge in [-0.15, -0.1) is 0 Å². The standard InChI is InChI=1S/C20H17F2N2O5P/c1-13(25)23-19(11-15-3-7-17(21)8-4-15)28-30(27)29-20(24-14(2)26)12-16-5-9-18(22)10-6-16/h3-12H,1-2H3,(H-,23,24,25,26)/p+1. The lowest BCUT2D eigenvalue weighted by molar-refractivity contribution is -0.119. The van der Waals surface area contributed by atoms with Gasteiger partial charge in [0.25, 0.3) is 11.8 Å². The van der Waals surface area contributed by atoms with Gasteiger partial charge in [-0.05, 0) is 35.4 Å². The van der Waals surface area contributed by atoms with Crippen LogP contribution in [-0.2, 0) is 23.2 Å². The lowest BCUT2D eigenvalue weighted by Gasteiger charge is -2.04. The highest BCUT2D eigenvalue weighted by Gasteiger charge is 2.28. The number of hydrogen-bond donors (Lipinski definition) is 2. The van der Waals surface area contributed by atoms with Crippen molar-refractivity contribution in [3.8, 4) is 0 Å². The third-order valence-corrected chi connectivity index (χ3v) is 3.97. The van der Waals surface area contributed by atoms with Crippen LogP contribution in [0.15, 0.2) is 60.3 Å². The maximum atomic E-state index is 13.0. The van der Waals surface area contributed by atoms with Gasteiger partial charge in [0.2, 0.25) is 11.8 Å².